The summed E-state index contributed by atoms with van der Waals surface area (Å²) in [6.45, 7) is 3.00. The van der Waals surface area contributed by atoms with Gasteiger partial charge in [0.2, 0.25) is 0 Å². The number of rotatable bonds is 6. The first-order chi connectivity index (χ1) is 10.8. The van der Waals surface area contributed by atoms with Crippen LogP contribution in [0, 0.1) is 4.84 Å². The van der Waals surface area contributed by atoms with E-state index in [0.29, 0.717) is 24.9 Å². The van der Waals surface area contributed by atoms with E-state index in [-0.39, 0.29) is 4.84 Å². The number of hydrogen-bond donors (Lipinski definition) is 1. The van der Waals surface area contributed by atoms with E-state index in [4.69, 9.17) is 25.8 Å². The molecule has 6 nitrogen and oxygen atoms in total. The lowest BCUT2D eigenvalue weighted by atomic mass is 10.3. The van der Waals surface area contributed by atoms with Gasteiger partial charge in [-0.2, -0.15) is 0 Å². The van der Waals surface area contributed by atoms with Crippen molar-refractivity contribution in [2.75, 3.05) is 11.9 Å². The average Bonchev–Trinajstić information content (AvgIpc) is 3.16. The van der Waals surface area contributed by atoms with Crippen LogP contribution in [-0.2, 0) is 6.67 Å². The van der Waals surface area contributed by atoms with Crippen LogP contribution in [0.15, 0.2) is 51.5 Å². The molecule has 0 spiro atoms. The van der Waals surface area contributed by atoms with Gasteiger partial charge in [0.25, 0.3) is 10.7 Å². The summed E-state index contributed by atoms with van der Waals surface area (Å²) in [5, 5.41) is 7.50. The monoisotopic (exact) mass is 317 g/mol. The minimum Gasteiger partial charge on any atom is -0.494 e. The molecule has 3 aromatic rings. The third-order valence-corrected chi connectivity index (χ3v) is 3.23. The summed E-state index contributed by atoms with van der Waals surface area (Å²) in [6, 6.07) is 11.2. The second-order valence-electron chi connectivity index (χ2n) is 4.44. The topological polar surface area (TPSA) is 65.4 Å². The predicted octanol–water partition coefficient (Wildman–Crippen LogP) is 3.93. The quantitative estimate of drug-likeness (QED) is 0.695. The Bertz CT molecular complexity index is 775. The van der Waals surface area contributed by atoms with Crippen molar-refractivity contribution in [2.24, 2.45) is 0 Å². The van der Waals surface area contributed by atoms with Gasteiger partial charge in [0.05, 0.1) is 12.9 Å². The van der Waals surface area contributed by atoms with Crippen molar-refractivity contribution in [3.05, 3.63) is 47.5 Å². The molecule has 3 rings (SSSR count). The Hall–Kier alpha value is -2.54. The Balaban J connectivity index is 1.67. The Kier molecular flexibility index (Phi) is 4.24. The largest absolute Gasteiger partial charge is 0.494 e. The zero-order valence-corrected chi connectivity index (χ0v) is 12.8. The molecule has 0 aliphatic rings. The normalized spacial score (nSPS) is 10.6. The molecule has 0 aliphatic heterocycles. The van der Waals surface area contributed by atoms with E-state index >= 15 is 0 Å². The Morgan fingerprint density at radius 1 is 1.27 bits per heavy atom. The van der Waals surface area contributed by atoms with Crippen LogP contribution in [0.5, 0.6) is 5.75 Å². The fourth-order valence-electron chi connectivity index (χ4n) is 1.91. The van der Waals surface area contributed by atoms with Gasteiger partial charge in [-0.3, -0.25) is 0 Å². The van der Waals surface area contributed by atoms with Crippen LogP contribution in [0.3, 0.4) is 0 Å². The van der Waals surface area contributed by atoms with Gasteiger partial charge < -0.3 is 18.9 Å². The maximum Gasteiger partial charge on any atom is 0.289 e. The fourth-order valence-corrected chi connectivity index (χ4v) is 2.09. The molecular weight excluding hydrogens is 302 g/mol. The Morgan fingerprint density at radius 2 is 2.09 bits per heavy atom. The molecule has 114 valence electrons. The lowest BCUT2D eigenvalue weighted by molar-refractivity contribution is 0.340. The first kappa shape index (κ1) is 14.4. The Morgan fingerprint density at radius 3 is 2.77 bits per heavy atom. The summed E-state index contributed by atoms with van der Waals surface area (Å²) < 4.78 is 17.6. The van der Waals surface area contributed by atoms with Crippen LogP contribution in [-0.4, -0.2) is 16.4 Å². The van der Waals surface area contributed by atoms with Gasteiger partial charge in [-0.15, -0.1) is 5.10 Å². The molecule has 0 unspecified atom stereocenters. The van der Waals surface area contributed by atoms with Gasteiger partial charge >= 0.3 is 0 Å². The second-order valence-corrected chi connectivity index (χ2v) is 4.79. The summed E-state index contributed by atoms with van der Waals surface area (Å²) in [5.41, 5.74) is 0.938. The standard InChI is InChI=1S/C15H15N3O3S/c1-2-19-12-7-5-11(6-8-12)16-10-18-15(22)21-14(17-18)13-4-3-9-20-13/h3-9,16H,2,10H2,1H3. The van der Waals surface area contributed by atoms with E-state index in [1.165, 1.54) is 0 Å². The lowest BCUT2D eigenvalue weighted by Crippen LogP contribution is -2.09. The van der Waals surface area contributed by atoms with Crippen molar-refractivity contribution in [1.82, 2.24) is 9.78 Å². The third kappa shape index (κ3) is 3.20. The van der Waals surface area contributed by atoms with Crippen molar-refractivity contribution in [2.45, 2.75) is 13.6 Å². The summed E-state index contributed by atoms with van der Waals surface area (Å²) in [4.78, 5) is 0.282. The molecule has 0 fully saturated rings. The first-order valence-corrected chi connectivity index (χ1v) is 7.25. The zero-order chi connectivity index (χ0) is 15.4. The maximum atomic E-state index is 5.41. The van der Waals surface area contributed by atoms with Crippen LogP contribution in [0.2, 0.25) is 0 Å². The SMILES string of the molecule is CCOc1ccc(NCn2nc(-c3ccco3)oc2=S)cc1. The number of benzene rings is 1. The first-order valence-electron chi connectivity index (χ1n) is 6.85. The minimum atomic E-state index is 0.282. The summed E-state index contributed by atoms with van der Waals surface area (Å²) in [7, 11) is 0. The second kappa shape index (κ2) is 6.48. The lowest BCUT2D eigenvalue weighted by Gasteiger charge is -2.07. The molecule has 0 saturated carbocycles. The fraction of sp³-hybridized carbons (Fsp3) is 0.200. The van der Waals surface area contributed by atoms with E-state index < -0.39 is 0 Å². The van der Waals surface area contributed by atoms with Crippen molar-refractivity contribution >= 4 is 17.9 Å². The van der Waals surface area contributed by atoms with Crippen LogP contribution in [0.4, 0.5) is 5.69 Å². The number of nitrogens with zero attached hydrogens (tertiary/aromatic N) is 2. The molecule has 2 aromatic heterocycles. The third-order valence-electron chi connectivity index (χ3n) is 2.94. The molecule has 2 heterocycles. The minimum absolute atomic E-state index is 0.282. The van der Waals surface area contributed by atoms with Crippen molar-refractivity contribution in [3.63, 3.8) is 0 Å². The number of ether oxygens (including phenoxy) is 1. The number of furan rings is 1. The highest BCUT2D eigenvalue weighted by Gasteiger charge is 2.10. The molecule has 0 radical (unpaired) electrons. The van der Waals surface area contributed by atoms with Crippen LogP contribution >= 0.6 is 12.2 Å². The smallest absolute Gasteiger partial charge is 0.289 e. The molecule has 7 heteroatoms. The Labute approximate surface area is 132 Å². The molecule has 0 atom stereocenters. The van der Waals surface area contributed by atoms with E-state index in [0.717, 1.165) is 11.4 Å². The van der Waals surface area contributed by atoms with Gasteiger partial charge in [0.1, 0.15) is 12.4 Å². The van der Waals surface area contributed by atoms with E-state index in [1.807, 2.05) is 31.2 Å². The van der Waals surface area contributed by atoms with Gasteiger partial charge in [-0.1, -0.05) is 0 Å². The van der Waals surface area contributed by atoms with Crippen LogP contribution in [0.25, 0.3) is 11.7 Å². The highest BCUT2D eigenvalue weighted by molar-refractivity contribution is 7.71. The summed E-state index contributed by atoms with van der Waals surface area (Å²) in [5.74, 6) is 1.75. The molecule has 0 bridgehead atoms. The van der Waals surface area contributed by atoms with Gasteiger partial charge in [0, 0.05) is 5.69 Å². The van der Waals surface area contributed by atoms with Crippen molar-refractivity contribution in [1.29, 1.82) is 0 Å². The van der Waals surface area contributed by atoms with Crippen LogP contribution < -0.4 is 10.1 Å². The predicted molar refractivity (Wildman–Crippen MR) is 84.3 cm³/mol. The van der Waals surface area contributed by atoms with Crippen molar-refractivity contribution < 1.29 is 13.6 Å². The van der Waals surface area contributed by atoms with E-state index in [2.05, 4.69) is 10.4 Å². The molecule has 22 heavy (non-hydrogen) atoms. The number of nitrogens with one attached hydrogen (secondary N) is 1. The van der Waals surface area contributed by atoms with E-state index in [9.17, 15) is 0 Å². The van der Waals surface area contributed by atoms with Gasteiger partial charge in [0.15, 0.2) is 5.76 Å². The maximum absolute atomic E-state index is 5.41. The molecule has 1 aromatic carbocycles. The van der Waals surface area contributed by atoms with Gasteiger partial charge in [-0.25, -0.2) is 4.68 Å². The van der Waals surface area contributed by atoms with E-state index in [1.54, 1.807) is 23.1 Å². The average molecular weight is 317 g/mol. The number of hydrogen-bond acceptors (Lipinski definition) is 6. The van der Waals surface area contributed by atoms with Crippen molar-refractivity contribution in [3.8, 4) is 17.4 Å². The molecular formula is C15H15N3O3S. The number of aromatic nitrogens is 2. The molecule has 0 amide bonds. The highest BCUT2D eigenvalue weighted by Crippen LogP contribution is 2.19. The molecule has 0 saturated heterocycles. The summed E-state index contributed by atoms with van der Waals surface area (Å²) >= 11 is 5.15. The highest BCUT2D eigenvalue weighted by atomic mass is 32.1. The molecule has 1 N–H and O–H groups in total. The zero-order valence-electron chi connectivity index (χ0n) is 12.0. The van der Waals surface area contributed by atoms with Crippen LogP contribution in [0.1, 0.15) is 6.92 Å². The van der Waals surface area contributed by atoms with Gasteiger partial charge in [-0.05, 0) is 55.5 Å². The summed E-state index contributed by atoms with van der Waals surface area (Å²) in [6.07, 6.45) is 1.56. The number of anilines is 1. The molecule has 0 aliphatic carbocycles.